The topological polar surface area (TPSA) is 67.4 Å². The minimum atomic E-state index is -0.859. The molecule has 6 nitrogen and oxygen atoms in total. The van der Waals surface area contributed by atoms with E-state index in [4.69, 9.17) is 4.74 Å². The van der Waals surface area contributed by atoms with Crippen molar-refractivity contribution in [3.63, 3.8) is 0 Å². The zero-order chi connectivity index (χ0) is 22.5. The number of piperidine rings is 1. The molecule has 1 fully saturated rings. The number of hydrogen-bond donors (Lipinski definition) is 1. The van der Waals surface area contributed by atoms with Crippen LogP contribution in [0.2, 0.25) is 0 Å². The van der Waals surface area contributed by atoms with E-state index in [0.29, 0.717) is 5.69 Å². The Morgan fingerprint density at radius 3 is 2.59 bits per heavy atom. The van der Waals surface area contributed by atoms with Gasteiger partial charge in [0.15, 0.2) is 23.5 Å². The summed E-state index contributed by atoms with van der Waals surface area (Å²) in [5.74, 6) is 0.823. The first-order chi connectivity index (χ1) is 15.5. The van der Waals surface area contributed by atoms with Gasteiger partial charge in [0.2, 0.25) is 0 Å². The first-order valence-corrected chi connectivity index (χ1v) is 10.9. The van der Waals surface area contributed by atoms with Gasteiger partial charge >= 0.3 is 0 Å². The molecule has 32 heavy (non-hydrogen) atoms. The summed E-state index contributed by atoms with van der Waals surface area (Å²) in [4.78, 5) is 14.8. The third-order valence-electron chi connectivity index (χ3n) is 5.69. The number of carbonyl (C=O) groups is 1. The molecule has 0 radical (unpaired) electrons. The summed E-state index contributed by atoms with van der Waals surface area (Å²) < 4.78 is 19.2. The Labute approximate surface area is 187 Å². The average Bonchev–Trinajstić information content (AvgIpc) is 2.81. The molecule has 0 spiro atoms. The summed E-state index contributed by atoms with van der Waals surface area (Å²) in [6, 6.07) is 17.3. The Balaban J connectivity index is 1.41. The first kappa shape index (κ1) is 21.7. The number of benzene rings is 2. The smallest absolute Gasteiger partial charge is 0.265 e. The number of rotatable bonds is 6. The van der Waals surface area contributed by atoms with Crippen LogP contribution in [0.3, 0.4) is 0 Å². The minimum Gasteiger partial charge on any atom is -0.478 e. The molecule has 1 saturated heterocycles. The fraction of sp³-hybridized carbons (Fsp3) is 0.320. The minimum absolute atomic E-state index is 0.0439. The monoisotopic (exact) mass is 434 g/mol. The number of carbonyl (C=O) groups excluding carboxylic acids is 1. The van der Waals surface area contributed by atoms with E-state index in [2.05, 4.69) is 27.3 Å². The third-order valence-corrected chi connectivity index (χ3v) is 5.69. The second-order valence-corrected chi connectivity index (χ2v) is 8.21. The number of para-hydroxylation sites is 1. The molecule has 0 saturated carbocycles. The number of amides is 1. The molecule has 1 N–H and O–H groups in total. The lowest BCUT2D eigenvalue weighted by atomic mass is 9.99. The second kappa shape index (κ2) is 9.77. The lowest BCUT2D eigenvalue weighted by Gasteiger charge is -2.30. The average molecular weight is 435 g/mol. The third kappa shape index (κ3) is 5.22. The molecular weight excluding hydrogens is 407 g/mol. The zero-order valence-corrected chi connectivity index (χ0v) is 18.3. The molecule has 2 aromatic carbocycles. The first-order valence-electron chi connectivity index (χ1n) is 10.9. The fourth-order valence-corrected chi connectivity index (χ4v) is 3.67. The molecular formula is C25H27FN4O2. The standard InChI is InChI=1S/C25H27FN4O2/c1-17-12-14-30(15-13-17)24-11-10-22(28-29-24)19-6-5-7-20(16-19)27-25(31)18(2)32-23-9-4-3-8-21(23)26/h3-11,16-18H,12-15H2,1-2H3,(H,27,31). The van der Waals surface area contributed by atoms with E-state index in [1.54, 1.807) is 25.1 Å². The van der Waals surface area contributed by atoms with Crippen molar-refractivity contribution in [2.75, 3.05) is 23.3 Å². The molecule has 7 heteroatoms. The predicted octanol–water partition coefficient (Wildman–Crippen LogP) is 4.93. The van der Waals surface area contributed by atoms with Crippen LogP contribution in [0, 0.1) is 11.7 Å². The van der Waals surface area contributed by atoms with Gasteiger partial charge in [-0.3, -0.25) is 4.79 Å². The van der Waals surface area contributed by atoms with Gasteiger partial charge in [-0.1, -0.05) is 31.2 Å². The van der Waals surface area contributed by atoms with Crippen molar-refractivity contribution in [2.24, 2.45) is 5.92 Å². The van der Waals surface area contributed by atoms with Crippen LogP contribution < -0.4 is 15.0 Å². The lowest BCUT2D eigenvalue weighted by molar-refractivity contribution is -0.122. The highest BCUT2D eigenvalue weighted by Gasteiger charge is 2.18. The van der Waals surface area contributed by atoms with Crippen LogP contribution in [-0.4, -0.2) is 35.3 Å². The van der Waals surface area contributed by atoms with Crippen molar-refractivity contribution >= 4 is 17.4 Å². The number of halogens is 1. The largest absolute Gasteiger partial charge is 0.478 e. The van der Waals surface area contributed by atoms with Gasteiger partial charge in [-0.25, -0.2) is 4.39 Å². The molecule has 1 aromatic heterocycles. The SMILES string of the molecule is CC1CCN(c2ccc(-c3cccc(NC(=O)C(C)Oc4ccccc4F)c3)nn2)CC1. The van der Waals surface area contributed by atoms with E-state index in [1.165, 1.54) is 25.0 Å². The van der Waals surface area contributed by atoms with Crippen molar-refractivity contribution in [2.45, 2.75) is 32.8 Å². The number of nitrogens with zero attached hydrogens (tertiary/aromatic N) is 3. The summed E-state index contributed by atoms with van der Waals surface area (Å²) in [7, 11) is 0. The Kier molecular flexibility index (Phi) is 6.63. The lowest BCUT2D eigenvalue weighted by Crippen LogP contribution is -2.33. The second-order valence-electron chi connectivity index (χ2n) is 8.21. The van der Waals surface area contributed by atoms with Crippen molar-refractivity contribution in [3.8, 4) is 17.0 Å². The maximum atomic E-state index is 13.8. The van der Waals surface area contributed by atoms with Crippen LogP contribution in [-0.2, 0) is 4.79 Å². The summed E-state index contributed by atoms with van der Waals surface area (Å²) in [5.41, 5.74) is 2.18. The Morgan fingerprint density at radius 2 is 1.88 bits per heavy atom. The molecule has 1 aliphatic rings. The zero-order valence-electron chi connectivity index (χ0n) is 18.3. The highest BCUT2D eigenvalue weighted by atomic mass is 19.1. The number of anilines is 2. The quantitative estimate of drug-likeness (QED) is 0.596. The fourth-order valence-electron chi connectivity index (χ4n) is 3.67. The molecule has 1 atom stereocenters. The number of nitrogens with one attached hydrogen (secondary N) is 1. The van der Waals surface area contributed by atoms with E-state index in [9.17, 15) is 9.18 Å². The molecule has 3 aromatic rings. The van der Waals surface area contributed by atoms with Gasteiger partial charge < -0.3 is 15.0 Å². The maximum Gasteiger partial charge on any atom is 0.265 e. The Morgan fingerprint density at radius 1 is 1.09 bits per heavy atom. The maximum absolute atomic E-state index is 13.8. The summed E-state index contributed by atoms with van der Waals surface area (Å²) in [5, 5.41) is 11.6. The van der Waals surface area contributed by atoms with Crippen LogP contribution in [0.4, 0.5) is 15.9 Å². The van der Waals surface area contributed by atoms with Crippen LogP contribution >= 0.6 is 0 Å². The van der Waals surface area contributed by atoms with Crippen molar-refractivity contribution in [3.05, 3.63) is 66.5 Å². The van der Waals surface area contributed by atoms with Crippen molar-refractivity contribution in [1.82, 2.24) is 10.2 Å². The predicted molar refractivity (Wildman–Crippen MR) is 123 cm³/mol. The molecule has 0 aliphatic carbocycles. The van der Waals surface area contributed by atoms with E-state index < -0.39 is 11.9 Å². The number of hydrogen-bond acceptors (Lipinski definition) is 5. The molecule has 1 aliphatic heterocycles. The Hall–Kier alpha value is -3.48. The van der Waals surface area contributed by atoms with Crippen molar-refractivity contribution in [1.29, 1.82) is 0 Å². The van der Waals surface area contributed by atoms with Gasteiger partial charge in [0, 0.05) is 24.3 Å². The highest BCUT2D eigenvalue weighted by molar-refractivity contribution is 5.94. The highest BCUT2D eigenvalue weighted by Crippen LogP contribution is 2.25. The van der Waals surface area contributed by atoms with E-state index in [1.807, 2.05) is 30.3 Å². The van der Waals surface area contributed by atoms with Gasteiger partial charge in [-0.05, 0) is 62.1 Å². The van der Waals surface area contributed by atoms with Gasteiger partial charge in [-0.15, -0.1) is 10.2 Å². The summed E-state index contributed by atoms with van der Waals surface area (Å²) in [6.45, 7) is 5.87. The van der Waals surface area contributed by atoms with E-state index >= 15 is 0 Å². The molecule has 1 unspecified atom stereocenters. The van der Waals surface area contributed by atoms with E-state index in [-0.39, 0.29) is 11.7 Å². The van der Waals surface area contributed by atoms with Gasteiger partial charge in [0.05, 0.1) is 5.69 Å². The van der Waals surface area contributed by atoms with Crippen LogP contribution in [0.25, 0.3) is 11.3 Å². The van der Waals surface area contributed by atoms with Crippen LogP contribution in [0.5, 0.6) is 5.75 Å². The number of aromatic nitrogens is 2. The molecule has 166 valence electrons. The van der Waals surface area contributed by atoms with E-state index in [0.717, 1.165) is 36.1 Å². The van der Waals surface area contributed by atoms with Crippen LogP contribution in [0.15, 0.2) is 60.7 Å². The number of ether oxygens (including phenoxy) is 1. The molecule has 1 amide bonds. The molecule has 0 bridgehead atoms. The summed E-state index contributed by atoms with van der Waals surface area (Å²) in [6.07, 6.45) is 1.48. The van der Waals surface area contributed by atoms with Gasteiger partial charge in [-0.2, -0.15) is 0 Å². The Bertz CT molecular complexity index is 1070. The van der Waals surface area contributed by atoms with Crippen LogP contribution in [0.1, 0.15) is 26.7 Å². The van der Waals surface area contributed by atoms with Gasteiger partial charge in [0.25, 0.3) is 5.91 Å². The molecule has 4 rings (SSSR count). The molecule has 2 heterocycles. The normalized spacial score (nSPS) is 15.3. The van der Waals surface area contributed by atoms with Gasteiger partial charge in [0.1, 0.15) is 0 Å². The van der Waals surface area contributed by atoms with Crippen molar-refractivity contribution < 1.29 is 13.9 Å². The summed E-state index contributed by atoms with van der Waals surface area (Å²) >= 11 is 0.